The second-order valence-electron chi connectivity index (χ2n) is 6.27. The summed E-state index contributed by atoms with van der Waals surface area (Å²) in [6.45, 7) is 8.22. The number of hydrogen-bond acceptors (Lipinski definition) is 2. The molecular formula is C16H25BrN2. The number of halogens is 1. The minimum Gasteiger partial charge on any atom is -0.310 e. The van der Waals surface area contributed by atoms with Gasteiger partial charge in [-0.05, 0) is 63.0 Å². The van der Waals surface area contributed by atoms with Crippen LogP contribution in [-0.2, 0) is 0 Å². The highest BCUT2D eigenvalue weighted by Crippen LogP contribution is 2.30. The van der Waals surface area contributed by atoms with Crippen molar-refractivity contribution in [2.24, 2.45) is 5.41 Å². The fourth-order valence-electron chi connectivity index (χ4n) is 2.63. The first-order chi connectivity index (χ1) is 8.98. The van der Waals surface area contributed by atoms with Crippen molar-refractivity contribution in [2.45, 2.75) is 32.7 Å². The van der Waals surface area contributed by atoms with Crippen LogP contribution in [0.4, 0.5) is 0 Å². The molecule has 1 unspecified atom stereocenters. The van der Waals surface area contributed by atoms with Gasteiger partial charge in [0, 0.05) is 17.1 Å². The molecule has 0 bridgehead atoms. The lowest BCUT2D eigenvalue weighted by Crippen LogP contribution is -2.42. The Hall–Kier alpha value is -0.380. The molecule has 1 fully saturated rings. The number of hydrogen-bond donors (Lipinski definition) is 1. The fraction of sp³-hybridized carbons (Fsp3) is 0.625. The van der Waals surface area contributed by atoms with Crippen molar-refractivity contribution in [3.05, 3.63) is 34.3 Å². The summed E-state index contributed by atoms with van der Waals surface area (Å²) >= 11 is 3.54. The van der Waals surface area contributed by atoms with Crippen molar-refractivity contribution in [3.63, 3.8) is 0 Å². The van der Waals surface area contributed by atoms with Crippen molar-refractivity contribution < 1.29 is 0 Å². The topological polar surface area (TPSA) is 15.3 Å². The molecule has 0 spiro atoms. The lowest BCUT2D eigenvalue weighted by molar-refractivity contribution is 0.134. The summed E-state index contributed by atoms with van der Waals surface area (Å²) < 4.78 is 1.16. The molecule has 0 saturated carbocycles. The summed E-state index contributed by atoms with van der Waals surface area (Å²) in [4.78, 5) is 2.43. The molecular weight excluding hydrogens is 300 g/mol. The Morgan fingerprint density at radius 1 is 1.37 bits per heavy atom. The van der Waals surface area contributed by atoms with E-state index in [9.17, 15) is 0 Å². The van der Waals surface area contributed by atoms with E-state index >= 15 is 0 Å². The van der Waals surface area contributed by atoms with E-state index in [0.717, 1.165) is 11.0 Å². The van der Waals surface area contributed by atoms with Crippen LogP contribution in [-0.4, -0.2) is 31.6 Å². The van der Waals surface area contributed by atoms with Crippen LogP contribution in [0.5, 0.6) is 0 Å². The summed E-state index contributed by atoms with van der Waals surface area (Å²) in [7, 11) is 2.22. The highest BCUT2D eigenvalue weighted by Gasteiger charge is 2.28. The van der Waals surface area contributed by atoms with E-state index < -0.39 is 0 Å². The maximum Gasteiger partial charge on any atom is 0.0292 e. The second-order valence-corrected chi connectivity index (χ2v) is 7.19. The predicted molar refractivity (Wildman–Crippen MR) is 85.4 cm³/mol. The summed E-state index contributed by atoms with van der Waals surface area (Å²) in [6, 6.07) is 8.99. The first kappa shape index (κ1) is 15.0. The van der Waals surface area contributed by atoms with E-state index in [-0.39, 0.29) is 0 Å². The number of nitrogens with one attached hydrogen (secondary N) is 1. The Labute approximate surface area is 125 Å². The molecule has 1 aliphatic rings. The third-order valence-corrected chi connectivity index (χ3v) is 4.87. The monoisotopic (exact) mass is 324 g/mol. The molecule has 0 aromatic heterocycles. The molecule has 1 atom stereocenters. The van der Waals surface area contributed by atoms with Gasteiger partial charge in [-0.25, -0.2) is 0 Å². The van der Waals surface area contributed by atoms with Gasteiger partial charge in [-0.15, -0.1) is 0 Å². The third kappa shape index (κ3) is 4.30. The summed E-state index contributed by atoms with van der Waals surface area (Å²) in [6.07, 6.45) is 2.59. The van der Waals surface area contributed by atoms with Crippen LogP contribution < -0.4 is 5.32 Å². The number of rotatable bonds is 4. The van der Waals surface area contributed by atoms with Crippen LogP contribution in [0.25, 0.3) is 0 Å². The van der Waals surface area contributed by atoms with E-state index in [2.05, 4.69) is 71.3 Å². The predicted octanol–water partition coefficient (Wildman–Crippen LogP) is 3.83. The molecule has 1 heterocycles. The van der Waals surface area contributed by atoms with Crippen LogP contribution in [0.3, 0.4) is 0 Å². The van der Waals surface area contributed by atoms with Gasteiger partial charge in [0.2, 0.25) is 0 Å². The zero-order valence-electron chi connectivity index (χ0n) is 12.2. The normalized spacial score (nSPS) is 21.3. The van der Waals surface area contributed by atoms with Crippen LogP contribution in [0.1, 0.15) is 38.3 Å². The molecule has 1 aromatic rings. The van der Waals surface area contributed by atoms with Crippen molar-refractivity contribution in [1.82, 2.24) is 10.2 Å². The van der Waals surface area contributed by atoms with Crippen LogP contribution >= 0.6 is 15.9 Å². The van der Waals surface area contributed by atoms with E-state index in [0.29, 0.717) is 11.5 Å². The number of nitrogens with zero attached hydrogens (tertiary/aromatic N) is 1. The fourth-order valence-corrected chi connectivity index (χ4v) is 3.05. The maximum absolute atomic E-state index is 3.71. The first-order valence-electron chi connectivity index (χ1n) is 7.16. The summed E-state index contributed by atoms with van der Waals surface area (Å²) in [5, 5.41) is 3.71. The molecule has 3 heteroatoms. The molecule has 106 valence electrons. The lowest BCUT2D eigenvalue weighted by Gasteiger charge is -2.38. The van der Waals surface area contributed by atoms with E-state index in [4.69, 9.17) is 0 Å². The molecule has 0 amide bonds. The Morgan fingerprint density at radius 2 is 2.05 bits per heavy atom. The molecule has 0 aliphatic carbocycles. The van der Waals surface area contributed by atoms with Crippen LogP contribution in [0.15, 0.2) is 28.7 Å². The van der Waals surface area contributed by atoms with Gasteiger partial charge in [-0.2, -0.15) is 0 Å². The molecule has 0 radical (unpaired) electrons. The van der Waals surface area contributed by atoms with Gasteiger partial charge in [0.05, 0.1) is 0 Å². The van der Waals surface area contributed by atoms with Gasteiger partial charge in [-0.1, -0.05) is 35.0 Å². The minimum absolute atomic E-state index is 0.411. The largest absolute Gasteiger partial charge is 0.310 e. The Kier molecular flexibility index (Phi) is 5.04. The second kappa shape index (κ2) is 6.38. The molecule has 19 heavy (non-hydrogen) atoms. The smallest absolute Gasteiger partial charge is 0.0292 e. The molecule has 1 saturated heterocycles. The van der Waals surface area contributed by atoms with Gasteiger partial charge in [0.1, 0.15) is 0 Å². The Balaban J connectivity index is 1.88. The van der Waals surface area contributed by atoms with Gasteiger partial charge < -0.3 is 10.2 Å². The molecule has 2 rings (SSSR count). The average Bonchev–Trinajstić information content (AvgIpc) is 2.40. The number of piperidine rings is 1. The van der Waals surface area contributed by atoms with E-state index in [1.165, 1.54) is 31.5 Å². The SMILES string of the molecule is CC(NCC1(C)CCN(C)CC1)c1cccc(Br)c1. The quantitative estimate of drug-likeness (QED) is 0.905. The van der Waals surface area contributed by atoms with Gasteiger partial charge in [-0.3, -0.25) is 0 Å². The van der Waals surface area contributed by atoms with Gasteiger partial charge in [0.25, 0.3) is 0 Å². The molecule has 1 aliphatic heterocycles. The zero-order chi connectivity index (χ0) is 13.9. The van der Waals surface area contributed by atoms with Crippen molar-refractivity contribution in [1.29, 1.82) is 0 Å². The highest BCUT2D eigenvalue weighted by atomic mass is 79.9. The van der Waals surface area contributed by atoms with Gasteiger partial charge >= 0.3 is 0 Å². The number of benzene rings is 1. The summed E-state index contributed by atoms with van der Waals surface area (Å²) in [5.41, 5.74) is 1.80. The number of likely N-dealkylation sites (tertiary alicyclic amines) is 1. The molecule has 2 nitrogen and oxygen atoms in total. The van der Waals surface area contributed by atoms with Crippen LogP contribution in [0, 0.1) is 5.41 Å². The van der Waals surface area contributed by atoms with Crippen molar-refractivity contribution in [3.8, 4) is 0 Å². The molecule has 1 aromatic carbocycles. The average molecular weight is 325 g/mol. The standard InChI is InChI=1S/C16H25BrN2/c1-13(14-5-4-6-15(17)11-14)18-12-16(2)7-9-19(3)10-8-16/h4-6,11,13,18H,7-10,12H2,1-3H3. The maximum atomic E-state index is 3.71. The third-order valence-electron chi connectivity index (χ3n) is 4.38. The highest BCUT2D eigenvalue weighted by molar-refractivity contribution is 9.10. The van der Waals surface area contributed by atoms with E-state index in [1.54, 1.807) is 0 Å². The summed E-state index contributed by atoms with van der Waals surface area (Å²) in [5.74, 6) is 0. The molecule has 1 N–H and O–H groups in total. The first-order valence-corrected chi connectivity index (χ1v) is 7.95. The Morgan fingerprint density at radius 3 is 2.68 bits per heavy atom. The van der Waals surface area contributed by atoms with Crippen molar-refractivity contribution in [2.75, 3.05) is 26.7 Å². The van der Waals surface area contributed by atoms with Crippen LogP contribution in [0.2, 0.25) is 0 Å². The van der Waals surface area contributed by atoms with E-state index in [1.807, 2.05) is 0 Å². The minimum atomic E-state index is 0.411. The van der Waals surface area contributed by atoms with Gasteiger partial charge in [0.15, 0.2) is 0 Å². The zero-order valence-corrected chi connectivity index (χ0v) is 13.8. The lowest BCUT2D eigenvalue weighted by atomic mass is 9.80. The van der Waals surface area contributed by atoms with Crippen molar-refractivity contribution >= 4 is 15.9 Å². The Bertz CT molecular complexity index is 411.